The van der Waals surface area contributed by atoms with Crippen LogP contribution in [0.2, 0.25) is 0 Å². The number of fused-ring (bicyclic) bond motifs is 5. The van der Waals surface area contributed by atoms with Crippen molar-refractivity contribution in [2.45, 2.75) is 63.9 Å². The van der Waals surface area contributed by atoms with Crippen molar-refractivity contribution in [1.29, 1.82) is 0 Å². The van der Waals surface area contributed by atoms with Crippen molar-refractivity contribution >= 4 is 11.4 Å². The second kappa shape index (κ2) is 4.67. The molecule has 0 amide bonds. The highest BCUT2D eigenvalue weighted by Crippen LogP contribution is 2.52. The summed E-state index contributed by atoms with van der Waals surface area (Å²) in [5, 5.41) is 11.4. The molecule has 0 bridgehead atoms. The minimum atomic E-state index is -0.765. The van der Waals surface area contributed by atoms with Crippen LogP contribution < -0.4 is 0 Å². The molecular weight excluding hydrogens is 258 g/mol. The van der Waals surface area contributed by atoms with Gasteiger partial charge in [-0.2, -0.15) is 0 Å². The van der Waals surface area contributed by atoms with Gasteiger partial charge in [-0.05, 0) is 49.1 Å². The molecule has 4 rings (SSSR count). The van der Waals surface area contributed by atoms with Gasteiger partial charge in [0, 0.05) is 11.5 Å². The maximum absolute atomic E-state index is 11.4. The van der Waals surface area contributed by atoms with E-state index in [-0.39, 0.29) is 0 Å². The van der Waals surface area contributed by atoms with Crippen LogP contribution in [0.5, 0.6) is 0 Å². The third kappa shape index (κ3) is 1.92. The van der Waals surface area contributed by atoms with Gasteiger partial charge in [-0.25, -0.2) is 0 Å². The molecule has 21 heavy (non-hydrogen) atoms. The van der Waals surface area contributed by atoms with Crippen LogP contribution in [0, 0.1) is 11.8 Å². The molecule has 2 heteroatoms. The smallest absolute Gasteiger partial charge is 0.130 e. The van der Waals surface area contributed by atoms with E-state index in [1.807, 2.05) is 0 Å². The highest BCUT2D eigenvalue weighted by atomic mass is 16.3. The first-order valence-electron chi connectivity index (χ1n) is 8.55. The third-order valence-electron chi connectivity index (χ3n) is 5.93. The van der Waals surface area contributed by atoms with E-state index in [4.69, 9.17) is 4.99 Å². The first-order chi connectivity index (χ1) is 10.1. The predicted octanol–water partition coefficient (Wildman–Crippen LogP) is 4.68. The van der Waals surface area contributed by atoms with Gasteiger partial charge >= 0.3 is 0 Å². The molecule has 2 aliphatic carbocycles. The second-order valence-corrected chi connectivity index (χ2v) is 7.48. The SMILES string of the molecule is CC(C)c1ccc2c(c1)C1(O)CC[C@H]3CCCC[C@@H]3C1=N2. The van der Waals surface area contributed by atoms with E-state index >= 15 is 0 Å². The van der Waals surface area contributed by atoms with Crippen LogP contribution in [-0.4, -0.2) is 10.8 Å². The van der Waals surface area contributed by atoms with Crippen LogP contribution >= 0.6 is 0 Å². The lowest BCUT2D eigenvalue weighted by molar-refractivity contribution is 0.0596. The molecule has 2 fully saturated rings. The van der Waals surface area contributed by atoms with Gasteiger partial charge in [-0.15, -0.1) is 0 Å². The standard InChI is InChI=1S/C19H25NO/c1-12(2)14-7-8-17-16(11-14)19(21)10-9-13-5-3-4-6-15(13)18(19)20-17/h7-8,11-13,15,21H,3-6,9-10H2,1-2H3/t13-,15+,19?/m1/s1. The number of hydrogen-bond donors (Lipinski definition) is 1. The summed E-state index contributed by atoms with van der Waals surface area (Å²) in [4.78, 5) is 4.90. The van der Waals surface area contributed by atoms with E-state index in [0.29, 0.717) is 11.8 Å². The van der Waals surface area contributed by atoms with Gasteiger partial charge in [0.1, 0.15) is 5.60 Å². The molecular formula is C19H25NO. The molecule has 1 aliphatic heterocycles. The summed E-state index contributed by atoms with van der Waals surface area (Å²) in [7, 11) is 0. The molecule has 2 saturated carbocycles. The van der Waals surface area contributed by atoms with Crippen molar-refractivity contribution in [3.63, 3.8) is 0 Å². The molecule has 1 unspecified atom stereocenters. The Morgan fingerprint density at radius 3 is 2.81 bits per heavy atom. The average Bonchev–Trinajstić information content (AvgIpc) is 2.80. The van der Waals surface area contributed by atoms with Gasteiger partial charge < -0.3 is 5.11 Å². The monoisotopic (exact) mass is 283 g/mol. The van der Waals surface area contributed by atoms with Gasteiger partial charge in [-0.3, -0.25) is 4.99 Å². The number of aliphatic imine (C=N–C) groups is 1. The topological polar surface area (TPSA) is 32.6 Å². The van der Waals surface area contributed by atoms with Crippen LogP contribution in [0.1, 0.15) is 69.4 Å². The van der Waals surface area contributed by atoms with Crippen LogP contribution in [-0.2, 0) is 5.60 Å². The minimum absolute atomic E-state index is 0.494. The van der Waals surface area contributed by atoms with Crippen LogP contribution in [0.25, 0.3) is 0 Å². The minimum Gasteiger partial charge on any atom is -0.379 e. The van der Waals surface area contributed by atoms with E-state index in [1.165, 1.54) is 31.2 Å². The number of rotatable bonds is 1. The zero-order chi connectivity index (χ0) is 14.6. The normalized spacial score (nSPS) is 34.2. The summed E-state index contributed by atoms with van der Waals surface area (Å²) < 4.78 is 0. The Hall–Kier alpha value is -1.15. The molecule has 0 spiro atoms. The molecule has 3 aliphatic rings. The van der Waals surface area contributed by atoms with Gasteiger partial charge in [0.05, 0.1) is 11.4 Å². The highest BCUT2D eigenvalue weighted by Gasteiger charge is 2.50. The zero-order valence-electron chi connectivity index (χ0n) is 13.1. The van der Waals surface area contributed by atoms with Crippen LogP contribution in [0.3, 0.4) is 0 Å². The second-order valence-electron chi connectivity index (χ2n) is 7.48. The Labute approximate surface area is 127 Å². The summed E-state index contributed by atoms with van der Waals surface area (Å²) in [5.41, 5.74) is 3.73. The van der Waals surface area contributed by atoms with E-state index in [0.717, 1.165) is 35.7 Å². The molecule has 1 aromatic rings. The van der Waals surface area contributed by atoms with Gasteiger partial charge in [0.25, 0.3) is 0 Å². The molecule has 2 nitrogen and oxygen atoms in total. The summed E-state index contributed by atoms with van der Waals surface area (Å²) in [6.45, 7) is 4.42. The van der Waals surface area contributed by atoms with E-state index in [2.05, 4.69) is 32.0 Å². The summed E-state index contributed by atoms with van der Waals surface area (Å²) >= 11 is 0. The van der Waals surface area contributed by atoms with Gasteiger partial charge in [0.15, 0.2) is 0 Å². The summed E-state index contributed by atoms with van der Waals surface area (Å²) in [5.74, 6) is 1.78. The Kier molecular flexibility index (Phi) is 3.01. The highest BCUT2D eigenvalue weighted by molar-refractivity contribution is 6.02. The third-order valence-corrected chi connectivity index (χ3v) is 5.93. The lowest BCUT2D eigenvalue weighted by Crippen LogP contribution is -2.46. The Bertz CT molecular complexity index is 604. The largest absolute Gasteiger partial charge is 0.379 e. The molecule has 0 aromatic heterocycles. The first-order valence-corrected chi connectivity index (χ1v) is 8.55. The van der Waals surface area contributed by atoms with E-state index in [9.17, 15) is 5.11 Å². The molecule has 0 saturated heterocycles. The average molecular weight is 283 g/mol. The Morgan fingerprint density at radius 1 is 1.19 bits per heavy atom. The lowest BCUT2D eigenvalue weighted by Gasteiger charge is -2.43. The Morgan fingerprint density at radius 2 is 2.00 bits per heavy atom. The fourth-order valence-electron chi connectivity index (χ4n) is 4.66. The fraction of sp³-hybridized carbons (Fsp3) is 0.632. The Balaban J connectivity index is 1.77. The quantitative estimate of drug-likeness (QED) is 0.797. The van der Waals surface area contributed by atoms with Crippen molar-refractivity contribution < 1.29 is 5.11 Å². The van der Waals surface area contributed by atoms with Crippen molar-refractivity contribution in [3.05, 3.63) is 29.3 Å². The molecule has 1 heterocycles. The maximum atomic E-state index is 11.4. The van der Waals surface area contributed by atoms with Crippen molar-refractivity contribution in [1.82, 2.24) is 0 Å². The molecule has 112 valence electrons. The predicted molar refractivity (Wildman–Crippen MR) is 86.2 cm³/mol. The number of hydrogen-bond acceptors (Lipinski definition) is 2. The van der Waals surface area contributed by atoms with Gasteiger partial charge in [-0.1, -0.05) is 38.8 Å². The summed E-state index contributed by atoms with van der Waals surface area (Å²) in [6.07, 6.45) is 7.22. The van der Waals surface area contributed by atoms with Crippen molar-refractivity contribution in [2.75, 3.05) is 0 Å². The maximum Gasteiger partial charge on any atom is 0.130 e. The van der Waals surface area contributed by atoms with Crippen molar-refractivity contribution in [3.8, 4) is 0 Å². The number of benzene rings is 1. The first kappa shape index (κ1) is 13.5. The molecule has 0 radical (unpaired) electrons. The molecule has 3 atom stereocenters. The number of nitrogens with zero attached hydrogens (tertiary/aromatic N) is 1. The van der Waals surface area contributed by atoms with Crippen LogP contribution in [0.4, 0.5) is 5.69 Å². The van der Waals surface area contributed by atoms with Crippen LogP contribution in [0.15, 0.2) is 23.2 Å². The van der Waals surface area contributed by atoms with Gasteiger partial charge in [0.2, 0.25) is 0 Å². The molecule has 1 N–H and O–H groups in total. The van der Waals surface area contributed by atoms with E-state index < -0.39 is 5.60 Å². The summed E-state index contributed by atoms with van der Waals surface area (Å²) in [6, 6.07) is 6.50. The fourth-order valence-corrected chi connectivity index (χ4v) is 4.66. The number of aliphatic hydroxyl groups is 1. The molecule has 1 aromatic carbocycles. The van der Waals surface area contributed by atoms with Crippen molar-refractivity contribution in [2.24, 2.45) is 16.8 Å². The van der Waals surface area contributed by atoms with E-state index in [1.54, 1.807) is 0 Å². The zero-order valence-corrected chi connectivity index (χ0v) is 13.1. The lowest BCUT2D eigenvalue weighted by atomic mass is 9.63.